The molecule has 0 aliphatic carbocycles. The topological polar surface area (TPSA) is 158 Å². The largest absolute Gasteiger partial charge is 0.464 e. The number of aryl methyl sites for hydroxylation is 1. The Morgan fingerprint density at radius 1 is 1.11 bits per heavy atom. The molecule has 0 saturated carbocycles. The SMILES string of the molecule is CCn1c(-c2cc(N3CCN(C)CC3)cnc2[C@H](C)OC)c2c3cc(ccc31)-c1csc(n1)[C@@H](C)[C@H](NC(=O)N1CC[C@H]1[C@@H](C)O)C(=O)N1CCC[C@H](N1)C(=O)OCC(C)(C)C2. The summed E-state index contributed by atoms with van der Waals surface area (Å²) in [5, 5.41) is 18.6. The van der Waals surface area contributed by atoms with Crippen molar-refractivity contribution in [2.75, 3.05) is 64.9 Å². The van der Waals surface area contributed by atoms with Gasteiger partial charge in [-0.2, -0.15) is 0 Å². The number of piperazine rings is 1. The predicted octanol–water partition coefficient (Wildman–Crippen LogP) is 5.56. The third kappa shape index (κ3) is 8.56. The van der Waals surface area contributed by atoms with Gasteiger partial charge in [0.1, 0.15) is 12.1 Å². The Morgan fingerprint density at radius 2 is 1.89 bits per heavy atom. The number of pyridine rings is 1. The Kier molecular flexibility index (Phi) is 12.7. The molecule has 3 aromatic heterocycles. The molecule has 0 unspecified atom stereocenters. The summed E-state index contributed by atoms with van der Waals surface area (Å²) in [6.45, 7) is 17.5. The summed E-state index contributed by atoms with van der Waals surface area (Å²) in [6.07, 6.45) is 3.39. The number of amides is 3. The second-order valence-corrected chi connectivity index (χ2v) is 19.3. The quantitative estimate of drug-likeness (QED) is 0.200. The smallest absolute Gasteiger partial charge is 0.324 e. The van der Waals surface area contributed by atoms with Crippen molar-refractivity contribution >= 4 is 45.8 Å². The number of rotatable bonds is 7. The van der Waals surface area contributed by atoms with Crippen LogP contribution >= 0.6 is 11.3 Å². The van der Waals surface area contributed by atoms with Gasteiger partial charge in [-0.05, 0) is 77.3 Å². The monoisotopic (exact) mass is 869 g/mol. The molecule has 15 nitrogen and oxygen atoms in total. The summed E-state index contributed by atoms with van der Waals surface area (Å²) >= 11 is 1.46. The maximum absolute atomic E-state index is 14.5. The number of nitrogens with zero attached hydrogens (tertiary/aromatic N) is 7. The van der Waals surface area contributed by atoms with Crippen molar-refractivity contribution in [2.24, 2.45) is 5.41 Å². The highest BCUT2D eigenvalue weighted by Gasteiger charge is 2.41. The first kappa shape index (κ1) is 44.0. The average molecular weight is 870 g/mol. The second-order valence-electron chi connectivity index (χ2n) is 18.4. The number of hydrogen-bond acceptors (Lipinski definition) is 12. The van der Waals surface area contributed by atoms with E-state index in [2.05, 4.69) is 77.2 Å². The average Bonchev–Trinajstić information content (AvgIpc) is 3.86. The fourth-order valence-electron chi connectivity index (χ4n) is 9.46. The number of hydrogen-bond donors (Lipinski definition) is 3. The number of anilines is 1. The van der Waals surface area contributed by atoms with Crippen LogP contribution in [0.15, 0.2) is 35.8 Å². The molecule has 4 aliphatic heterocycles. The van der Waals surface area contributed by atoms with Gasteiger partial charge in [0.2, 0.25) is 0 Å². The highest BCUT2D eigenvalue weighted by molar-refractivity contribution is 7.10. The lowest BCUT2D eigenvalue weighted by molar-refractivity contribution is -0.155. The molecule has 4 aliphatic rings. The van der Waals surface area contributed by atoms with Crippen LogP contribution < -0.4 is 15.6 Å². The van der Waals surface area contributed by atoms with Gasteiger partial charge in [0.05, 0.1) is 58.8 Å². The number of esters is 1. The molecule has 3 fully saturated rings. The Hall–Kier alpha value is -4.61. The van der Waals surface area contributed by atoms with E-state index in [9.17, 15) is 19.5 Å². The number of methoxy groups -OCH3 is 1. The van der Waals surface area contributed by atoms with Gasteiger partial charge < -0.3 is 39.2 Å². The molecule has 6 bridgehead atoms. The van der Waals surface area contributed by atoms with Crippen molar-refractivity contribution < 1.29 is 29.0 Å². The zero-order valence-corrected chi connectivity index (χ0v) is 38.3. The maximum Gasteiger partial charge on any atom is 0.324 e. The van der Waals surface area contributed by atoms with Crippen molar-refractivity contribution in [1.82, 2.24) is 40.1 Å². The molecule has 4 aromatic rings. The summed E-state index contributed by atoms with van der Waals surface area (Å²) in [7, 11) is 3.88. The Labute approximate surface area is 368 Å². The molecule has 1 aromatic carbocycles. The Balaban J connectivity index is 1.26. The normalized spacial score (nSPS) is 24.6. The number of nitrogens with one attached hydrogen (secondary N) is 2. The highest BCUT2D eigenvalue weighted by Crippen LogP contribution is 2.43. The fourth-order valence-corrected chi connectivity index (χ4v) is 10.4. The number of thiazole rings is 1. The lowest BCUT2D eigenvalue weighted by Gasteiger charge is -2.43. The third-order valence-electron chi connectivity index (χ3n) is 13.4. The number of likely N-dealkylation sites (tertiary alicyclic amines) is 1. The summed E-state index contributed by atoms with van der Waals surface area (Å²) in [4.78, 5) is 58.8. The first-order valence-electron chi connectivity index (χ1n) is 22.2. The number of likely N-dealkylation sites (N-methyl/N-ethyl adjacent to an activating group) is 1. The van der Waals surface area contributed by atoms with E-state index in [0.29, 0.717) is 50.3 Å². The van der Waals surface area contributed by atoms with Crippen molar-refractivity contribution in [1.29, 1.82) is 0 Å². The Bertz CT molecular complexity index is 2300. The summed E-state index contributed by atoms with van der Waals surface area (Å²) < 4.78 is 14.5. The van der Waals surface area contributed by atoms with Gasteiger partial charge in [-0.3, -0.25) is 19.6 Å². The van der Waals surface area contributed by atoms with E-state index in [0.717, 1.165) is 76.5 Å². The number of aromatic nitrogens is 3. The molecular formula is C46H63N9O6S. The molecule has 3 saturated heterocycles. The number of benzene rings is 1. The lowest BCUT2D eigenvalue weighted by Crippen LogP contribution is -2.64. The maximum atomic E-state index is 14.5. The molecule has 6 atom stereocenters. The molecule has 334 valence electrons. The van der Waals surface area contributed by atoms with Gasteiger partial charge in [0.15, 0.2) is 0 Å². The van der Waals surface area contributed by atoms with E-state index in [1.54, 1.807) is 18.9 Å². The van der Waals surface area contributed by atoms with Gasteiger partial charge in [-0.1, -0.05) is 26.8 Å². The van der Waals surface area contributed by atoms with Gasteiger partial charge in [-0.15, -0.1) is 11.3 Å². The molecule has 7 heterocycles. The van der Waals surface area contributed by atoms with Crippen LogP contribution in [0.2, 0.25) is 0 Å². The fraction of sp³-hybridized carbons (Fsp3) is 0.587. The molecule has 0 radical (unpaired) electrons. The minimum atomic E-state index is -0.994. The number of hydrazine groups is 1. The number of aliphatic hydroxyl groups is 1. The number of cyclic esters (lactones) is 1. The second kappa shape index (κ2) is 17.9. The lowest BCUT2D eigenvalue weighted by atomic mass is 9.84. The first-order chi connectivity index (χ1) is 29.7. The number of ether oxygens (including phenoxy) is 2. The van der Waals surface area contributed by atoms with E-state index < -0.39 is 41.5 Å². The summed E-state index contributed by atoms with van der Waals surface area (Å²) in [5.41, 5.74) is 10.6. The van der Waals surface area contributed by atoms with Crippen LogP contribution in [0.4, 0.5) is 10.5 Å². The molecule has 3 amide bonds. The minimum Gasteiger partial charge on any atom is -0.464 e. The molecule has 8 rings (SSSR count). The number of carbonyl (C=O) groups excluding carboxylic acids is 3. The zero-order chi connectivity index (χ0) is 44.0. The molecule has 62 heavy (non-hydrogen) atoms. The summed E-state index contributed by atoms with van der Waals surface area (Å²) in [6, 6.07) is 6.32. The van der Waals surface area contributed by atoms with Crippen LogP contribution in [0, 0.1) is 5.41 Å². The number of carbonyl (C=O) groups is 3. The first-order valence-corrected chi connectivity index (χ1v) is 23.1. The minimum absolute atomic E-state index is 0.155. The van der Waals surface area contributed by atoms with Gasteiger partial charge >= 0.3 is 12.0 Å². The Morgan fingerprint density at radius 3 is 2.58 bits per heavy atom. The third-order valence-corrected chi connectivity index (χ3v) is 14.4. The van der Waals surface area contributed by atoms with Crippen LogP contribution in [0.5, 0.6) is 0 Å². The van der Waals surface area contributed by atoms with Crippen molar-refractivity contribution in [3.05, 3.63) is 52.1 Å². The van der Waals surface area contributed by atoms with Gasteiger partial charge in [0, 0.05) is 91.7 Å². The van der Waals surface area contributed by atoms with Crippen LogP contribution in [-0.4, -0.2) is 137 Å². The molecular weight excluding hydrogens is 807 g/mol. The van der Waals surface area contributed by atoms with Crippen LogP contribution in [0.1, 0.15) is 89.1 Å². The van der Waals surface area contributed by atoms with E-state index in [-0.39, 0.29) is 24.7 Å². The number of aliphatic hydroxyl groups excluding tert-OH is 1. The van der Waals surface area contributed by atoms with Crippen LogP contribution in [-0.2, 0) is 32.0 Å². The molecule has 16 heteroatoms. The number of fused-ring (bicyclic) bond motifs is 6. The number of urea groups is 1. The molecule has 0 spiro atoms. The standard InChI is InChI=1S/C46H63N9O6S/c1-9-53-38-13-12-30-21-32(38)34(41(53)33-22-31(24-47-40(33)29(4)60-8)52-19-17-51(7)18-20-52)23-46(5,6)26-61-44(58)35-11-10-15-55(50-35)43(57)39(27(2)42-48-36(30)25-62-42)49-45(59)54-16-14-37(54)28(3)56/h12-13,21-22,24-25,27-29,35,37,39,50,56H,9-11,14-20,23,26H2,1-8H3,(H,49,59)/t27-,28+,29-,35-,37-,39-/m0/s1. The highest BCUT2D eigenvalue weighted by atomic mass is 32.1. The van der Waals surface area contributed by atoms with E-state index in [1.807, 2.05) is 25.4 Å². The van der Waals surface area contributed by atoms with Gasteiger partial charge in [0.25, 0.3) is 5.91 Å². The van der Waals surface area contributed by atoms with Crippen molar-refractivity contribution in [3.8, 4) is 22.5 Å². The zero-order valence-electron chi connectivity index (χ0n) is 37.4. The van der Waals surface area contributed by atoms with E-state index in [4.69, 9.17) is 19.4 Å². The van der Waals surface area contributed by atoms with Crippen molar-refractivity contribution in [2.45, 2.75) is 110 Å². The van der Waals surface area contributed by atoms with Crippen molar-refractivity contribution in [3.63, 3.8) is 0 Å². The van der Waals surface area contributed by atoms with Gasteiger partial charge in [-0.25, -0.2) is 15.2 Å². The van der Waals surface area contributed by atoms with E-state index in [1.165, 1.54) is 16.3 Å². The van der Waals surface area contributed by atoms with Crippen LogP contribution in [0.25, 0.3) is 33.4 Å². The van der Waals surface area contributed by atoms with E-state index >= 15 is 0 Å². The predicted molar refractivity (Wildman–Crippen MR) is 241 cm³/mol. The molecule has 3 N–H and O–H groups in total. The summed E-state index contributed by atoms with van der Waals surface area (Å²) in [5.74, 6) is -1.30. The van der Waals surface area contributed by atoms with Crippen LogP contribution in [0.3, 0.4) is 0 Å².